The lowest BCUT2D eigenvalue weighted by atomic mass is 9.55. The maximum absolute atomic E-state index is 13.7. The summed E-state index contributed by atoms with van der Waals surface area (Å²) in [5, 5.41) is 72.7. The number of rotatable bonds is 4. The highest BCUT2D eigenvalue weighted by Gasteiger charge is 2.68. The summed E-state index contributed by atoms with van der Waals surface area (Å²) in [4.78, 5) is 49.6. The number of fused-ring (bicyclic) bond motifs is 3. The van der Waals surface area contributed by atoms with Crippen molar-refractivity contribution in [1.29, 1.82) is 0 Å². The average molecular weight is 695 g/mol. The molecule has 1 amide bonds. The van der Waals surface area contributed by atoms with Crippen LogP contribution in [0.15, 0.2) is 58.7 Å². The second-order valence-electron chi connectivity index (χ2n) is 11.0. The van der Waals surface area contributed by atoms with E-state index >= 15 is 0 Å². The standard InChI is InChI=1S/C22H21ClN2O8.C7H6O6S/c1-6-9-7(23)4-5-8(26)11(9)16(27)12-10(6)17(28)14-15(25(2)3)18(29)13(21(24)32)20(31)22(14,33)19(12)30;8-6-4(7(9)10)2-1-3-5(6)14(11,12)13/h4-5,10,14-15,17,26-28,31,33H,1H2,2-3H3,(H2,24,32);1-3,8H,(H,9,10)(H,11,12,13)/t10-,14-,15+,17+,22+;/m1./s1. The summed E-state index contributed by atoms with van der Waals surface area (Å²) in [5.74, 6) is -11.6. The normalized spacial score (nSPS) is 25.5. The van der Waals surface area contributed by atoms with Crippen molar-refractivity contribution in [2.75, 3.05) is 14.1 Å². The molecule has 3 aliphatic carbocycles. The van der Waals surface area contributed by atoms with Crippen LogP contribution in [0, 0.1) is 11.8 Å². The molecule has 0 spiro atoms. The van der Waals surface area contributed by atoms with Crippen molar-refractivity contribution >= 4 is 56.5 Å². The highest BCUT2D eigenvalue weighted by molar-refractivity contribution is 7.86. The number of ketones is 2. The van der Waals surface area contributed by atoms with Gasteiger partial charge in [0.2, 0.25) is 5.78 Å². The number of amides is 1. The fourth-order valence-corrected chi connectivity index (χ4v) is 7.05. The molecule has 2 aromatic rings. The van der Waals surface area contributed by atoms with Crippen molar-refractivity contribution in [3.63, 3.8) is 0 Å². The third kappa shape index (κ3) is 5.22. The largest absolute Gasteiger partial charge is 0.508 e. The second kappa shape index (κ2) is 11.8. The van der Waals surface area contributed by atoms with Crippen LogP contribution in [-0.2, 0) is 24.5 Å². The van der Waals surface area contributed by atoms with Gasteiger partial charge in [0.15, 0.2) is 17.1 Å². The molecule has 5 atom stereocenters. The van der Waals surface area contributed by atoms with E-state index in [1.54, 1.807) is 0 Å². The Labute approximate surface area is 270 Å². The van der Waals surface area contributed by atoms with Crippen LogP contribution < -0.4 is 5.73 Å². The fraction of sp³-hybridized carbons (Fsp3) is 0.241. The van der Waals surface area contributed by atoms with Gasteiger partial charge in [0, 0.05) is 16.5 Å². The van der Waals surface area contributed by atoms with Crippen molar-refractivity contribution in [2.45, 2.75) is 22.6 Å². The van der Waals surface area contributed by atoms with Crippen molar-refractivity contribution in [2.24, 2.45) is 17.6 Å². The van der Waals surface area contributed by atoms with Crippen LogP contribution in [0.5, 0.6) is 11.5 Å². The molecule has 5 rings (SSSR count). The van der Waals surface area contributed by atoms with E-state index in [4.69, 9.17) is 27.0 Å². The number of para-hydroxylation sites is 1. The number of carbonyl (C=O) groups excluding carboxylic acids is 3. The number of primary amides is 1. The highest BCUT2D eigenvalue weighted by Crippen LogP contribution is 2.56. The van der Waals surface area contributed by atoms with Gasteiger partial charge in [-0.05, 0) is 43.9 Å². The van der Waals surface area contributed by atoms with Gasteiger partial charge in [-0.1, -0.05) is 24.2 Å². The summed E-state index contributed by atoms with van der Waals surface area (Å²) >= 11 is 6.25. The summed E-state index contributed by atoms with van der Waals surface area (Å²) in [5.41, 5.74) is 0.0510. The minimum absolute atomic E-state index is 0.0516. The quantitative estimate of drug-likeness (QED) is 0.155. The Hall–Kier alpha value is -4.78. The van der Waals surface area contributed by atoms with Crippen LogP contribution in [0.25, 0.3) is 11.3 Å². The smallest absolute Gasteiger partial charge is 0.339 e. The van der Waals surface area contributed by atoms with Gasteiger partial charge in [-0.15, -0.1) is 0 Å². The number of nitrogens with zero attached hydrogens (tertiary/aromatic N) is 1. The molecule has 16 nitrogen and oxygen atoms in total. The molecule has 250 valence electrons. The summed E-state index contributed by atoms with van der Waals surface area (Å²) in [7, 11) is -1.76. The maximum Gasteiger partial charge on any atom is 0.339 e. The number of benzene rings is 2. The molecule has 47 heavy (non-hydrogen) atoms. The first-order valence-corrected chi connectivity index (χ1v) is 15.0. The number of halogens is 1. The lowest BCUT2D eigenvalue weighted by Gasteiger charge is -2.52. The van der Waals surface area contributed by atoms with E-state index in [9.17, 15) is 58.2 Å². The average Bonchev–Trinajstić information content (AvgIpc) is 2.95. The zero-order chi connectivity index (χ0) is 35.7. The molecule has 0 radical (unpaired) electrons. The van der Waals surface area contributed by atoms with Crippen LogP contribution in [0.2, 0.25) is 5.02 Å². The van der Waals surface area contributed by atoms with Gasteiger partial charge in [-0.2, -0.15) is 8.42 Å². The topological polar surface area (TPSA) is 294 Å². The molecule has 0 heterocycles. The third-order valence-electron chi connectivity index (χ3n) is 8.18. The van der Waals surface area contributed by atoms with E-state index in [1.165, 1.54) is 31.1 Å². The molecule has 0 unspecified atom stereocenters. The van der Waals surface area contributed by atoms with Gasteiger partial charge in [0.1, 0.15) is 33.3 Å². The van der Waals surface area contributed by atoms with Crippen molar-refractivity contribution < 1.29 is 67.9 Å². The predicted octanol–water partition coefficient (Wildman–Crippen LogP) is 0.396. The van der Waals surface area contributed by atoms with Gasteiger partial charge in [0.25, 0.3) is 16.0 Å². The van der Waals surface area contributed by atoms with Crippen LogP contribution >= 0.6 is 11.6 Å². The minimum atomic E-state index is -4.60. The lowest BCUT2D eigenvalue weighted by molar-refractivity contribution is -0.166. The number of hydrogen-bond donors (Lipinski definition) is 9. The van der Waals surface area contributed by atoms with E-state index in [0.29, 0.717) is 0 Å². The maximum atomic E-state index is 13.7. The lowest BCUT2D eigenvalue weighted by Crippen LogP contribution is -2.70. The summed E-state index contributed by atoms with van der Waals surface area (Å²) in [6, 6.07) is 4.10. The van der Waals surface area contributed by atoms with Gasteiger partial charge in [-0.25, -0.2) is 4.79 Å². The number of carboxylic acids is 1. The molecule has 0 aromatic heterocycles. The zero-order valence-electron chi connectivity index (χ0n) is 24.2. The summed E-state index contributed by atoms with van der Waals surface area (Å²) in [6.45, 7) is 3.89. The second-order valence-corrected chi connectivity index (χ2v) is 12.8. The Bertz CT molecular complexity index is 1970. The number of aromatic carboxylic acids is 1. The van der Waals surface area contributed by atoms with Gasteiger partial charge >= 0.3 is 5.97 Å². The van der Waals surface area contributed by atoms with Crippen molar-refractivity contribution in [3.05, 3.63) is 75.5 Å². The first-order chi connectivity index (χ1) is 21.6. The number of Topliss-reactive ketones (excluding diaryl/α,β-unsaturated/α-hetero) is 2. The SMILES string of the molecule is C=C1c2c(Cl)ccc(O)c2C(O)=C2C(=O)[C@]3(O)C(O)=C(C(N)=O)C(=O)[C@@H](N(C)C)[C@@H]3[C@@H](O)[C@H]12.O=C(O)c1cccc(S(=O)(=O)O)c1O. The minimum Gasteiger partial charge on any atom is -0.508 e. The number of aromatic hydroxyl groups is 2. The molecule has 1 fully saturated rings. The van der Waals surface area contributed by atoms with E-state index in [2.05, 4.69) is 6.58 Å². The van der Waals surface area contributed by atoms with Gasteiger partial charge in [-0.3, -0.25) is 23.8 Å². The van der Waals surface area contributed by atoms with Crippen molar-refractivity contribution in [3.8, 4) is 11.5 Å². The number of phenolic OH excluding ortho intramolecular Hbond substituents is 1. The Morgan fingerprint density at radius 3 is 2.15 bits per heavy atom. The molecule has 18 heteroatoms. The number of carbonyl (C=O) groups is 4. The molecule has 0 bridgehead atoms. The number of hydrogen-bond acceptors (Lipinski definition) is 13. The molecule has 0 aliphatic heterocycles. The van der Waals surface area contributed by atoms with E-state index < -0.39 is 108 Å². The van der Waals surface area contributed by atoms with Crippen molar-refractivity contribution in [1.82, 2.24) is 4.90 Å². The fourth-order valence-electron chi connectivity index (χ4n) is 6.16. The Morgan fingerprint density at radius 1 is 1.04 bits per heavy atom. The molecular formula is C29H27ClN2O14S. The molecule has 1 saturated carbocycles. The van der Waals surface area contributed by atoms with E-state index in [0.717, 1.165) is 18.2 Å². The Kier molecular flexibility index (Phi) is 8.80. The first-order valence-electron chi connectivity index (χ1n) is 13.2. The summed E-state index contributed by atoms with van der Waals surface area (Å²) in [6.07, 6.45) is -1.75. The Morgan fingerprint density at radius 2 is 1.64 bits per heavy atom. The molecule has 10 N–H and O–H groups in total. The van der Waals surface area contributed by atoms with E-state index in [-0.39, 0.29) is 21.7 Å². The highest BCUT2D eigenvalue weighted by atomic mass is 35.5. The van der Waals surface area contributed by atoms with Crippen LogP contribution in [0.1, 0.15) is 21.5 Å². The summed E-state index contributed by atoms with van der Waals surface area (Å²) < 4.78 is 29.9. The van der Waals surface area contributed by atoms with E-state index in [1.807, 2.05) is 0 Å². The number of nitrogens with two attached hydrogens (primary N) is 1. The number of aliphatic hydroxyl groups excluding tert-OH is 3. The molecule has 3 aliphatic rings. The van der Waals surface area contributed by atoms with Crippen LogP contribution in [-0.4, -0.2) is 109 Å². The molecule has 2 aromatic carbocycles. The Balaban J connectivity index is 0.000000300. The van der Waals surface area contributed by atoms with Crippen LogP contribution in [0.4, 0.5) is 0 Å². The zero-order valence-corrected chi connectivity index (χ0v) is 25.8. The number of phenols is 2. The van der Waals surface area contributed by atoms with Crippen LogP contribution in [0.3, 0.4) is 0 Å². The molecular weight excluding hydrogens is 668 g/mol. The number of carboxylic acid groups (broad SMARTS) is 1. The number of likely N-dealkylation sites (N-methyl/N-ethyl adjacent to an activating group) is 1. The third-order valence-corrected chi connectivity index (χ3v) is 9.38. The monoisotopic (exact) mass is 694 g/mol. The number of aliphatic hydroxyl groups is 4. The molecule has 0 saturated heterocycles. The van der Waals surface area contributed by atoms with Gasteiger partial charge < -0.3 is 41.5 Å². The predicted molar refractivity (Wildman–Crippen MR) is 161 cm³/mol. The first kappa shape index (κ1) is 35.1. The van der Waals surface area contributed by atoms with Gasteiger partial charge in [0.05, 0.1) is 29.2 Å².